The molecule has 0 aromatic heterocycles. The van der Waals surface area contributed by atoms with Gasteiger partial charge in [-0.15, -0.1) is 0 Å². The van der Waals surface area contributed by atoms with Crippen molar-refractivity contribution in [3.63, 3.8) is 0 Å². The van der Waals surface area contributed by atoms with E-state index in [0.717, 1.165) is 0 Å². The molecule has 0 atom stereocenters. The van der Waals surface area contributed by atoms with Crippen LogP contribution >= 0.6 is 0 Å². The Morgan fingerprint density at radius 2 is 1.38 bits per heavy atom. The van der Waals surface area contributed by atoms with Gasteiger partial charge in [0.1, 0.15) is 11.2 Å². The largest absolute Gasteiger partial charge is 2.00 e. The SMILES string of the molecule is CC(C)(C)C(=O)CC(=O)C(C)(C)C(=O)O.[Ba+2].[H-].[H-]. The molecule has 0 unspecified atom stereocenters. The first-order valence-electron chi connectivity index (χ1n) is 4.79. The molecule has 0 saturated carbocycles. The van der Waals surface area contributed by atoms with Crippen LogP contribution < -0.4 is 0 Å². The molecule has 0 heterocycles. The average molecular weight is 354 g/mol. The second-order valence-electron chi connectivity index (χ2n) is 5.20. The average Bonchev–Trinajstić information content (AvgIpc) is 2.01. The first kappa shape index (κ1) is 18.7. The van der Waals surface area contributed by atoms with Crippen molar-refractivity contribution in [3.8, 4) is 0 Å². The predicted molar refractivity (Wildman–Crippen MR) is 63.5 cm³/mol. The van der Waals surface area contributed by atoms with E-state index in [1.807, 2.05) is 0 Å². The Hall–Kier alpha value is 0.381. The Labute approximate surface area is 139 Å². The number of carbonyl (C=O) groups excluding carboxylic acids is 2. The molecule has 5 heteroatoms. The van der Waals surface area contributed by atoms with E-state index >= 15 is 0 Å². The van der Waals surface area contributed by atoms with Gasteiger partial charge in [-0.1, -0.05) is 20.8 Å². The summed E-state index contributed by atoms with van der Waals surface area (Å²) in [5, 5.41) is 8.80. The summed E-state index contributed by atoms with van der Waals surface area (Å²) in [6.45, 7) is 7.74. The molecule has 0 fully saturated rings. The standard InChI is InChI=1S/C11H18O4.Ba.2H/c1-10(2,3)7(12)6-8(13)11(4,5)9(14)15;;;/h6H2,1-5H3,(H,14,15);;;/q;+2;2*-1. The molecule has 0 radical (unpaired) electrons. The summed E-state index contributed by atoms with van der Waals surface area (Å²) >= 11 is 0. The number of carboxylic acids is 1. The van der Waals surface area contributed by atoms with E-state index in [4.69, 9.17) is 5.11 Å². The molecule has 1 N–H and O–H groups in total. The Morgan fingerprint density at radius 1 is 1.00 bits per heavy atom. The minimum absolute atomic E-state index is 0. The number of rotatable bonds is 4. The van der Waals surface area contributed by atoms with Gasteiger partial charge in [-0.2, -0.15) is 0 Å². The van der Waals surface area contributed by atoms with Crippen molar-refractivity contribution >= 4 is 66.4 Å². The summed E-state index contributed by atoms with van der Waals surface area (Å²) < 4.78 is 0. The zero-order chi connectivity index (χ0) is 12.4. The van der Waals surface area contributed by atoms with Crippen LogP contribution in [0.4, 0.5) is 0 Å². The summed E-state index contributed by atoms with van der Waals surface area (Å²) in [6, 6.07) is 0. The summed E-state index contributed by atoms with van der Waals surface area (Å²) in [6.07, 6.45) is -0.317. The minimum atomic E-state index is -1.49. The van der Waals surface area contributed by atoms with Gasteiger partial charge in [0.25, 0.3) is 0 Å². The Balaban J connectivity index is -0.000000327. The number of hydrogen-bond acceptors (Lipinski definition) is 3. The number of hydrogen-bond donors (Lipinski definition) is 1. The molecule has 0 aromatic rings. The van der Waals surface area contributed by atoms with E-state index in [9.17, 15) is 14.4 Å². The van der Waals surface area contributed by atoms with Crippen molar-refractivity contribution in [3.05, 3.63) is 0 Å². The molecule has 16 heavy (non-hydrogen) atoms. The maximum Gasteiger partial charge on any atom is 2.00 e. The van der Waals surface area contributed by atoms with Crippen LogP contribution in [0.25, 0.3) is 0 Å². The van der Waals surface area contributed by atoms with E-state index in [1.165, 1.54) is 13.8 Å². The Bertz CT molecular complexity index is 309. The summed E-state index contributed by atoms with van der Waals surface area (Å²) in [5.74, 6) is -1.98. The van der Waals surface area contributed by atoms with E-state index in [-0.39, 0.29) is 63.9 Å². The third kappa shape index (κ3) is 5.14. The predicted octanol–water partition coefficient (Wildman–Crippen LogP) is 1.52. The summed E-state index contributed by atoms with van der Waals surface area (Å²) in [7, 11) is 0. The smallest absolute Gasteiger partial charge is 1.00 e. The molecule has 0 aliphatic heterocycles. The van der Waals surface area contributed by atoms with Crippen LogP contribution in [0.1, 0.15) is 43.9 Å². The Kier molecular flexibility index (Phi) is 7.44. The zero-order valence-corrected chi connectivity index (χ0v) is 15.0. The normalized spacial score (nSPS) is 11.6. The van der Waals surface area contributed by atoms with Crippen LogP contribution in [0.15, 0.2) is 0 Å². The van der Waals surface area contributed by atoms with Gasteiger partial charge in [0.15, 0.2) is 5.78 Å². The molecule has 0 rings (SSSR count). The summed E-state index contributed by atoms with van der Waals surface area (Å²) in [5.41, 5.74) is -2.09. The molecule has 0 bridgehead atoms. The first-order valence-corrected chi connectivity index (χ1v) is 4.79. The van der Waals surface area contributed by atoms with Crippen molar-refractivity contribution in [1.82, 2.24) is 0 Å². The number of carbonyl (C=O) groups is 3. The van der Waals surface area contributed by atoms with Crippen LogP contribution in [0.2, 0.25) is 0 Å². The van der Waals surface area contributed by atoms with Gasteiger partial charge in [-0.3, -0.25) is 14.4 Å². The second-order valence-corrected chi connectivity index (χ2v) is 5.20. The van der Waals surface area contributed by atoms with Crippen molar-refractivity contribution in [2.45, 2.75) is 41.0 Å². The molecule has 0 aromatic carbocycles. The first-order chi connectivity index (χ1) is 6.49. The molecule has 0 aliphatic rings. The summed E-state index contributed by atoms with van der Waals surface area (Å²) in [4.78, 5) is 33.9. The van der Waals surface area contributed by atoms with Crippen molar-refractivity contribution in [2.24, 2.45) is 10.8 Å². The maximum absolute atomic E-state index is 11.6. The van der Waals surface area contributed by atoms with Crippen molar-refractivity contribution in [1.29, 1.82) is 0 Å². The van der Waals surface area contributed by atoms with Crippen LogP contribution in [0, 0.1) is 10.8 Å². The molecule has 90 valence electrons. The monoisotopic (exact) mass is 354 g/mol. The molecular weight excluding hydrogens is 333 g/mol. The van der Waals surface area contributed by atoms with Gasteiger partial charge in [0.05, 0.1) is 6.42 Å². The Morgan fingerprint density at radius 3 is 1.62 bits per heavy atom. The van der Waals surface area contributed by atoms with Crippen molar-refractivity contribution < 1.29 is 22.3 Å². The fraction of sp³-hybridized carbons (Fsp3) is 0.727. The number of carboxylic acid groups (broad SMARTS) is 1. The third-order valence-corrected chi connectivity index (χ3v) is 2.39. The van der Waals surface area contributed by atoms with Gasteiger partial charge in [0.2, 0.25) is 0 Å². The van der Waals surface area contributed by atoms with Crippen molar-refractivity contribution in [2.75, 3.05) is 0 Å². The van der Waals surface area contributed by atoms with E-state index in [1.54, 1.807) is 20.8 Å². The molecule has 4 nitrogen and oxygen atoms in total. The van der Waals surface area contributed by atoms with Crippen LogP contribution in [0.5, 0.6) is 0 Å². The van der Waals surface area contributed by atoms with Gasteiger partial charge in [0, 0.05) is 5.41 Å². The third-order valence-electron chi connectivity index (χ3n) is 2.39. The van der Waals surface area contributed by atoms with Gasteiger partial charge < -0.3 is 7.96 Å². The molecule has 0 amide bonds. The van der Waals surface area contributed by atoms with Crippen LogP contribution in [0.3, 0.4) is 0 Å². The molecule has 0 saturated heterocycles. The van der Waals surface area contributed by atoms with E-state index in [0.29, 0.717) is 0 Å². The second kappa shape index (κ2) is 6.35. The van der Waals surface area contributed by atoms with E-state index in [2.05, 4.69) is 0 Å². The maximum atomic E-state index is 11.6. The van der Waals surface area contributed by atoms with Gasteiger partial charge in [-0.25, -0.2) is 0 Å². The molecule has 0 spiro atoms. The topological polar surface area (TPSA) is 71.4 Å². The van der Waals surface area contributed by atoms with Crippen LogP contribution in [-0.2, 0) is 14.4 Å². The fourth-order valence-corrected chi connectivity index (χ4v) is 0.751. The minimum Gasteiger partial charge on any atom is -1.00 e. The fourth-order valence-electron chi connectivity index (χ4n) is 0.751. The number of Topliss-reactive ketones (excluding diaryl/α,β-unsaturated/α-hetero) is 2. The van der Waals surface area contributed by atoms with Gasteiger partial charge in [-0.05, 0) is 13.8 Å². The quantitative estimate of drug-likeness (QED) is 0.614. The van der Waals surface area contributed by atoms with E-state index < -0.39 is 22.6 Å². The van der Waals surface area contributed by atoms with Gasteiger partial charge >= 0.3 is 54.9 Å². The zero-order valence-electron chi connectivity index (χ0n) is 12.6. The number of ketones is 2. The number of aliphatic carboxylic acids is 1. The van der Waals surface area contributed by atoms with Crippen LogP contribution in [-0.4, -0.2) is 71.5 Å². The molecular formula is C11H20BaO4. The molecule has 0 aliphatic carbocycles.